The SMILES string of the molecule is COc1cn(Cc2cc(F)cc(F)c2)c(C2C=C(C)C=CC(O)=C2)nc1=O. The molecule has 0 fully saturated rings. The number of methoxy groups -OCH3 is 1. The third-order valence-corrected chi connectivity index (χ3v) is 4.10. The molecule has 1 aliphatic carbocycles. The molecule has 1 unspecified atom stereocenters. The van der Waals surface area contributed by atoms with E-state index in [1.807, 2.05) is 13.0 Å². The smallest absolute Gasteiger partial charge is 0.315 e. The van der Waals surface area contributed by atoms with E-state index in [0.717, 1.165) is 11.6 Å². The standard InChI is InChI=1S/C20H18F2N2O3/c1-12-3-4-17(25)8-14(5-12)19-23-20(26)18(27-2)11-24(19)10-13-6-15(21)9-16(22)7-13/h3-9,11,14,25H,10H2,1-2H3. The number of ether oxygens (including phenoxy) is 1. The molecule has 0 spiro atoms. The monoisotopic (exact) mass is 372 g/mol. The summed E-state index contributed by atoms with van der Waals surface area (Å²) in [6.45, 7) is 1.92. The van der Waals surface area contributed by atoms with Crippen molar-refractivity contribution in [3.8, 4) is 5.75 Å². The molecule has 2 aromatic rings. The molecule has 5 nitrogen and oxygen atoms in total. The Labute approximate surface area is 154 Å². The van der Waals surface area contributed by atoms with Crippen LogP contribution in [0.1, 0.15) is 24.2 Å². The number of benzene rings is 1. The number of halogens is 2. The van der Waals surface area contributed by atoms with Gasteiger partial charge in [0.05, 0.1) is 19.2 Å². The molecule has 7 heteroatoms. The largest absolute Gasteiger partial charge is 0.508 e. The van der Waals surface area contributed by atoms with E-state index in [4.69, 9.17) is 4.74 Å². The number of allylic oxidation sites excluding steroid dienone is 5. The van der Waals surface area contributed by atoms with Gasteiger partial charge in [-0.1, -0.05) is 17.7 Å². The van der Waals surface area contributed by atoms with E-state index in [2.05, 4.69) is 4.98 Å². The van der Waals surface area contributed by atoms with Gasteiger partial charge in [0.15, 0.2) is 0 Å². The van der Waals surface area contributed by atoms with Gasteiger partial charge in [-0.15, -0.1) is 0 Å². The lowest BCUT2D eigenvalue weighted by atomic mass is 10.0. The van der Waals surface area contributed by atoms with Crippen LogP contribution in [-0.4, -0.2) is 21.8 Å². The van der Waals surface area contributed by atoms with Crippen LogP contribution in [0.2, 0.25) is 0 Å². The highest BCUT2D eigenvalue weighted by atomic mass is 19.1. The Hall–Kier alpha value is -3.22. The van der Waals surface area contributed by atoms with Crippen LogP contribution in [0.5, 0.6) is 5.75 Å². The minimum absolute atomic E-state index is 0.0104. The average Bonchev–Trinajstić information content (AvgIpc) is 2.76. The first-order valence-corrected chi connectivity index (χ1v) is 8.23. The second-order valence-corrected chi connectivity index (χ2v) is 6.24. The van der Waals surface area contributed by atoms with Crippen LogP contribution >= 0.6 is 0 Å². The van der Waals surface area contributed by atoms with Crippen molar-refractivity contribution in [2.24, 2.45) is 0 Å². The van der Waals surface area contributed by atoms with Crippen molar-refractivity contribution in [2.75, 3.05) is 7.11 Å². The summed E-state index contributed by atoms with van der Waals surface area (Å²) in [5.41, 5.74) is 0.668. The molecular formula is C20H18F2N2O3. The number of aliphatic hydroxyl groups excluding tert-OH is 1. The second kappa shape index (κ2) is 7.57. The maximum atomic E-state index is 13.6. The molecule has 1 aliphatic rings. The quantitative estimate of drug-likeness (QED) is 0.890. The Kier molecular flexibility index (Phi) is 5.21. The molecule has 0 radical (unpaired) electrons. The summed E-state index contributed by atoms with van der Waals surface area (Å²) in [6.07, 6.45) is 8.10. The fraction of sp³-hybridized carbons (Fsp3) is 0.200. The van der Waals surface area contributed by atoms with Crippen LogP contribution in [0.3, 0.4) is 0 Å². The summed E-state index contributed by atoms with van der Waals surface area (Å²) < 4.78 is 33.7. The minimum atomic E-state index is -0.695. The van der Waals surface area contributed by atoms with Gasteiger partial charge in [-0.25, -0.2) is 8.78 Å². The molecule has 0 aliphatic heterocycles. The molecule has 1 heterocycles. The van der Waals surface area contributed by atoms with Gasteiger partial charge in [0.25, 0.3) is 0 Å². The van der Waals surface area contributed by atoms with Gasteiger partial charge >= 0.3 is 5.56 Å². The van der Waals surface area contributed by atoms with E-state index in [9.17, 15) is 18.7 Å². The van der Waals surface area contributed by atoms with E-state index < -0.39 is 23.1 Å². The molecule has 0 saturated heterocycles. The molecule has 1 aromatic heterocycles. The highest BCUT2D eigenvalue weighted by molar-refractivity contribution is 5.35. The van der Waals surface area contributed by atoms with Crippen LogP contribution in [0, 0.1) is 11.6 Å². The van der Waals surface area contributed by atoms with Crippen molar-refractivity contribution in [3.63, 3.8) is 0 Å². The van der Waals surface area contributed by atoms with Crippen molar-refractivity contribution in [2.45, 2.75) is 19.4 Å². The molecule has 1 atom stereocenters. The van der Waals surface area contributed by atoms with Crippen molar-refractivity contribution >= 4 is 0 Å². The zero-order valence-electron chi connectivity index (χ0n) is 14.8. The summed E-state index contributed by atoms with van der Waals surface area (Å²) in [7, 11) is 1.34. The Morgan fingerprint density at radius 1 is 1.19 bits per heavy atom. The number of hydrogen-bond donors (Lipinski definition) is 1. The zero-order valence-corrected chi connectivity index (χ0v) is 14.8. The zero-order chi connectivity index (χ0) is 19.6. The average molecular weight is 372 g/mol. The third-order valence-electron chi connectivity index (χ3n) is 4.10. The summed E-state index contributed by atoms with van der Waals surface area (Å²) in [6, 6.07) is 3.21. The number of aromatic nitrogens is 2. The third kappa shape index (κ3) is 4.31. The lowest BCUT2D eigenvalue weighted by molar-refractivity contribution is 0.399. The maximum Gasteiger partial charge on any atom is 0.315 e. The molecule has 1 aromatic carbocycles. The summed E-state index contributed by atoms with van der Waals surface area (Å²) >= 11 is 0. The lowest BCUT2D eigenvalue weighted by Crippen LogP contribution is -2.21. The first kappa shape index (κ1) is 18.6. The van der Waals surface area contributed by atoms with Crippen molar-refractivity contribution in [3.05, 3.63) is 93.4 Å². The van der Waals surface area contributed by atoms with Crippen LogP contribution in [0.4, 0.5) is 8.78 Å². The summed E-state index contributed by atoms with van der Waals surface area (Å²) in [4.78, 5) is 16.3. The highest BCUT2D eigenvalue weighted by Crippen LogP contribution is 2.24. The molecule has 27 heavy (non-hydrogen) atoms. The minimum Gasteiger partial charge on any atom is -0.508 e. The first-order chi connectivity index (χ1) is 12.9. The Bertz CT molecular complexity index is 980. The molecule has 3 rings (SSSR count). The summed E-state index contributed by atoms with van der Waals surface area (Å²) in [5, 5.41) is 9.96. The van der Waals surface area contributed by atoms with Gasteiger partial charge in [-0.2, -0.15) is 4.98 Å². The number of aliphatic hydroxyl groups is 1. The molecule has 0 bridgehead atoms. The van der Waals surface area contributed by atoms with Crippen molar-refractivity contribution in [1.29, 1.82) is 0 Å². The topological polar surface area (TPSA) is 64.3 Å². The normalized spacial score (nSPS) is 16.5. The Balaban J connectivity index is 2.13. The van der Waals surface area contributed by atoms with E-state index in [1.54, 1.807) is 22.8 Å². The molecule has 1 N–H and O–H groups in total. The van der Waals surface area contributed by atoms with E-state index in [1.165, 1.54) is 25.4 Å². The highest BCUT2D eigenvalue weighted by Gasteiger charge is 2.18. The predicted molar refractivity (Wildman–Crippen MR) is 96.9 cm³/mol. The van der Waals surface area contributed by atoms with Gasteiger partial charge in [-0.05, 0) is 36.8 Å². The number of hydrogen-bond acceptors (Lipinski definition) is 4. The maximum absolute atomic E-state index is 13.6. The number of rotatable bonds is 4. The van der Waals surface area contributed by atoms with Gasteiger partial charge in [0.2, 0.25) is 5.75 Å². The first-order valence-electron chi connectivity index (χ1n) is 8.23. The fourth-order valence-corrected chi connectivity index (χ4v) is 2.91. The van der Waals surface area contributed by atoms with Crippen LogP contribution < -0.4 is 10.3 Å². The van der Waals surface area contributed by atoms with E-state index >= 15 is 0 Å². The molecule has 0 saturated carbocycles. The summed E-state index contributed by atoms with van der Waals surface area (Å²) in [5.74, 6) is -1.53. The van der Waals surface area contributed by atoms with Crippen LogP contribution in [0.15, 0.2) is 64.8 Å². The molecule has 0 amide bonds. The van der Waals surface area contributed by atoms with Crippen molar-refractivity contribution in [1.82, 2.24) is 9.55 Å². The fourth-order valence-electron chi connectivity index (χ4n) is 2.91. The predicted octanol–water partition coefficient (Wildman–Crippen LogP) is 3.62. The molecule has 140 valence electrons. The number of nitrogens with zero attached hydrogens (tertiary/aromatic N) is 2. The van der Waals surface area contributed by atoms with Gasteiger partial charge < -0.3 is 14.4 Å². The van der Waals surface area contributed by atoms with Gasteiger partial charge in [0.1, 0.15) is 23.2 Å². The van der Waals surface area contributed by atoms with Crippen LogP contribution in [-0.2, 0) is 6.54 Å². The van der Waals surface area contributed by atoms with E-state index in [-0.39, 0.29) is 18.1 Å². The Morgan fingerprint density at radius 2 is 1.89 bits per heavy atom. The second-order valence-electron chi connectivity index (χ2n) is 6.24. The van der Waals surface area contributed by atoms with E-state index in [0.29, 0.717) is 11.4 Å². The lowest BCUT2D eigenvalue weighted by Gasteiger charge is -2.18. The van der Waals surface area contributed by atoms with Crippen molar-refractivity contribution < 1.29 is 18.6 Å². The Morgan fingerprint density at radius 3 is 2.56 bits per heavy atom. The van der Waals surface area contributed by atoms with Gasteiger partial charge in [0, 0.05) is 12.6 Å². The molecular weight excluding hydrogens is 354 g/mol. The van der Waals surface area contributed by atoms with Gasteiger partial charge in [-0.3, -0.25) is 4.79 Å². The van der Waals surface area contributed by atoms with Crippen LogP contribution in [0.25, 0.3) is 0 Å².